The fourth-order valence-electron chi connectivity index (χ4n) is 3.13. The summed E-state index contributed by atoms with van der Waals surface area (Å²) in [6, 6.07) is 4.10. The van der Waals surface area contributed by atoms with Gasteiger partial charge in [-0.3, -0.25) is 0 Å². The van der Waals surface area contributed by atoms with E-state index in [4.69, 9.17) is 0 Å². The standard InChI is InChI=1S/C17H29FN4O2S/c1-5-22(6-2)25(23,24)19-14(3)16-13-15(18)7-8-17(16)21-11-9-20(4)10-12-21/h7-8,13-14,19H,5-6,9-12H2,1-4H3. The number of rotatable bonds is 7. The molecule has 0 radical (unpaired) electrons. The summed E-state index contributed by atoms with van der Waals surface area (Å²) in [6.45, 7) is 9.67. The minimum atomic E-state index is -3.60. The molecule has 0 amide bonds. The van der Waals surface area contributed by atoms with E-state index in [1.54, 1.807) is 26.8 Å². The lowest BCUT2D eigenvalue weighted by molar-refractivity contribution is 0.312. The van der Waals surface area contributed by atoms with E-state index in [9.17, 15) is 12.8 Å². The Bertz CT molecular complexity index is 671. The van der Waals surface area contributed by atoms with E-state index in [1.165, 1.54) is 16.4 Å². The number of benzene rings is 1. The lowest BCUT2D eigenvalue weighted by Gasteiger charge is -2.36. The van der Waals surface area contributed by atoms with Crippen LogP contribution in [0.15, 0.2) is 18.2 Å². The second-order valence-corrected chi connectivity index (χ2v) is 8.12. The minimum Gasteiger partial charge on any atom is -0.369 e. The Morgan fingerprint density at radius 2 is 1.80 bits per heavy atom. The van der Waals surface area contributed by atoms with E-state index in [1.807, 2.05) is 0 Å². The molecular formula is C17H29FN4O2S. The minimum absolute atomic E-state index is 0.359. The van der Waals surface area contributed by atoms with E-state index in [0.717, 1.165) is 31.9 Å². The summed E-state index contributed by atoms with van der Waals surface area (Å²) in [4.78, 5) is 4.43. The maximum Gasteiger partial charge on any atom is 0.279 e. The van der Waals surface area contributed by atoms with E-state index in [0.29, 0.717) is 18.7 Å². The molecule has 0 saturated carbocycles. The van der Waals surface area contributed by atoms with Gasteiger partial charge in [0.15, 0.2) is 0 Å². The molecule has 1 atom stereocenters. The first-order valence-electron chi connectivity index (χ1n) is 8.78. The fourth-order valence-corrected chi connectivity index (χ4v) is 4.54. The maximum absolute atomic E-state index is 13.8. The number of hydrogen-bond acceptors (Lipinski definition) is 4. The lowest BCUT2D eigenvalue weighted by Crippen LogP contribution is -2.45. The van der Waals surface area contributed by atoms with Crippen molar-refractivity contribution < 1.29 is 12.8 Å². The van der Waals surface area contributed by atoms with Gasteiger partial charge in [0.2, 0.25) is 0 Å². The van der Waals surface area contributed by atoms with Crippen molar-refractivity contribution in [3.05, 3.63) is 29.6 Å². The van der Waals surface area contributed by atoms with Gasteiger partial charge in [-0.15, -0.1) is 0 Å². The molecule has 1 aliphatic rings. The molecule has 1 saturated heterocycles. The van der Waals surface area contributed by atoms with Gasteiger partial charge in [-0.2, -0.15) is 17.4 Å². The van der Waals surface area contributed by atoms with Crippen molar-refractivity contribution in [1.29, 1.82) is 0 Å². The zero-order valence-corrected chi connectivity index (χ0v) is 16.3. The molecule has 1 aromatic rings. The summed E-state index contributed by atoms with van der Waals surface area (Å²) in [7, 11) is -1.53. The van der Waals surface area contributed by atoms with Crippen LogP contribution < -0.4 is 9.62 Å². The summed E-state index contributed by atoms with van der Waals surface area (Å²) in [5, 5.41) is 0. The Balaban J connectivity index is 2.26. The topological polar surface area (TPSA) is 55.9 Å². The van der Waals surface area contributed by atoms with Crippen LogP contribution in [-0.2, 0) is 10.2 Å². The van der Waals surface area contributed by atoms with Crippen LogP contribution in [0, 0.1) is 5.82 Å². The van der Waals surface area contributed by atoms with Crippen molar-refractivity contribution in [2.75, 3.05) is 51.2 Å². The molecule has 1 heterocycles. The van der Waals surface area contributed by atoms with Crippen molar-refractivity contribution in [1.82, 2.24) is 13.9 Å². The average Bonchev–Trinajstić information content (AvgIpc) is 2.56. The molecule has 142 valence electrons. The van der Waals surface area contributed by atoms with Crippen LogP contribution in [0.25, 0.3) is 0 Å². The monoisotopic (exact) mass is 372 g/mol. The number of hydrogen-bond donors (Lipinski definition) is 1. The van der Waals surface area contributed by atoms with Gasteiger partial charge in [0, 0.05) is 51.0 Å². The maximum atomic E-state index is 13.8. The molecule has 1 aliphatic heterocycles. The fraction of sp³-hybridized carbons (Fsp3) is 0.647. The van der Waals surface area contributed by atoms with Crippen molar-refractivity contribution in [2.45, 2.75) is 26.8 Å². The van der Waals surface area contributed by atoms with Crippen LogP contribution in [0.4, 0.5) is 10.1 Å². The van der Waals surface area contributed by atoms with Crippen molar-refractivity contribution in [3.8, 4) is 0 Å². The van der Waals surface area contributed by atoms with Crippen molar-refractivity contribution in [3.63, 3.8) is 0 Å². The Morgan fingerprint density at radius 3 is 2.36 bits per heavy atom. The van der Waals surface area contributed by atoms with E-state index in [-0.39, 0.29) is 5.82 Å². The number of likely N-dealkylation sites (N-methyl/N-ethyl adjacent to an activating group) is 1. The van der Waals surface area contributed by atoms with Crippen LogP contribution in [-0.4, -0.2) is 63.9 Å². The van der Waals surface area contributed by atoms with Crippen LogP contribution in [0.3, 0.4) is 0 Å². The summed E-state index contributed by atoms with van der Waals surface area (Å²) < 4.78 is 42.9. The average molecular weight is 373 g/mol. The molecule has 0 spiro atoms. The van der Waals surface area contributed by atoms with E-state index < -0.39 is 16.3 Å². The molecule has 1 aromatic carbocycles. The lowest BCUT2D eigenvalue weighted by atomic mass is 10.0. The summed E-state index contributed by atoms with van der Waals surface area (Å²) in [5.41, 5.74) is 1.56. The predicted octanol–water partition coefficient (Wildman–Crippen LogP) is 1.81. The highest BCUT2D eigenvalue weighted by atomic mass is 32.2. The van der Waals surface area contributed by atoms with E-state index >= 15 is 0 Å². The Labute approximate surface area is 150 Å². The van der Waals surface area contributed by atoms with Gasteiger partial charge < -0.3 is 9.80 Å². The Kier molecular flexibility index (Phi) is 6.79. The van der Waals surface area contributed by atoms with Crippen LogP contribution in [0.5, 0.6) is 0 Å². The first kappa shape index (κ1) is 20.1. The highest BCUT2D eigenvalue weighted by Gasteiger charge is 2.25. The molecule has 1 N–H and O–H groups in total. The molecule has 25 heavy (non-hydrogen) atoms. The smallest absolute Gasteiger partial charge is 0.279 e. The van der Waals surface area contributed by atoms with Crippen LogP contribution in [0.1, 0.15) is 32.4 Å². The number of halogens is 1. The van der Waals surface area contributed by atoms with Gasteiger partial charge in [-0.1, -0.05) is 13.8 Å². The first-order valence-corrected chi connectivity index (χ1v) is 10.2. The second kappa shape index (κ2) is 8.44. The molecule has 0 aliphatic carbocycles. The largest absolute Gasteiger partial charge is 0.369 e. The molecule has 1 unspecified atom stereocenters. The summed E-state index contributed by atoms with van der Waals surface area (Å²) >= 11 is 0. The van der Waals surface area contributed by atoms with Gasteiger partial charge in [0.1, 0.15) is 5.82 Å². The van der Waals surface area contributed by atoms with Crippen LogP contribution in [0.2, 0.25) is 0 Å². The first-order chi connectivity index (χ1) is 11.8. The summed E-state index contributed by atoms with van der Waals surface area (Å²) in [5.74, 6) is -0.359. The molecule has 0 bridgehead atoms. The molecule has 1 fully saturated rings. The molecule has 0 aromatic heterocycles. The highest BCUT2D eigenvalue weighted by Crippen LogP contribution is 2.29. The van der Waals surface area contributed by atoms with Crippen molar-refractivity contribution >= 4 is 15.9 Å². The quantitative estimate of drug-likeness (QED) is 0.793. The number of anilines is 1. The van der Waals surface area contributed by atoms with Gasteiger partial charge in [0.05, 0.1) is 0 Å². The zero-order chi connectivity index (χ0) is 18.6. The number of nitrogens with one attached hydrogen (secondary N) is 1. The van der Waals surface area contributed by atoms with Crippen molar-refractivity contribution in [2.24, 2.45) is 0 Å². The summed E-state index contributed by atoms with van der Waals surface area (Å²) in [6.07, 6.45) is 0. The normalized spacial score (nSPS) is 17.9. The molecule has 6 nitrogen and oxygen atoms in total. The third-order valence-corrected chi connectivity index (χ3v) is 6.52. The molecule has 2 rings (SSSR count). The van der Waals surface area contributed by atoms with Gasteiger partial charge in [0.25, 0.3) is 10.2 Å². The van der Waals surface area contributed by atoms with E-state index in [2.05, 4.69) is 21.6 Å². The number of piperazine rings is 1. The third kappa shape index (κ3) is 4.91. The van der Waals surface area contributed by atoms with Gasteiger partial charge in [-0.25, -0.2) is 4.39 Å². The second-order valence-electron chi connectivity index (χ2n) is 6.42. The van der Waals surface area contributed by atoms with Gasteiger partial charge in [-0.05, 0) is 37.7 Å². The molecule has 8 heteroatoms. The van der Waals surface area contributed by atoms with Crippen LogP contribution >= 0.6 is 0 Å². The van der Waals surface area contributed by atoms with Gasteiger partial charge >= 0.3 is 0 Å². The highest BCUT2D eigenvalue weighted by molar-refractivity contribution is 7.87. The SMILES string of the molecule is CCN(CC)S(=O)(=O)NC(C)c1cc(F)ccc1N1CCN(C)CC1. The Morgan fingerprint density at radius 1 is 1.20 bits per heavy atom. The predicted molar refractivity (Wildman–Crippen MR) is 99.5 cm³/mol. The Hall–Kier alpha value is -1.22. The number of nitrogens with zero attached hydrogens (tertiary/aromatic N) is 3. The third-order valence-electron chi connectivity index (χ3n) is 4.67. The molecular weight excluding hydrogens is 343 g/mol. The zero-order valence-electron chi connectivity index (χ0n) is 15.5.